The first-order valence-electron chi connectivity index (χ1n) is 6.50. The zero-order chi connectivity index (χ0) is 15.1. The van der Waals surface area contributed by atoms with Crippen molar-refractivity contribution in [2.75, 3.05) is 6.61 Å². The number of aliphatic carboxylic acids is 2. The minimum Gasteiger partial charge on any atom is -0.479 e. The smallest absolute Gasteiger partial charge is 0.335 e. The lowest BCUT2D eigenvalue weighted by Gasteiger charge is -2.31. The van der Waals surface area contributed by atoms with Gasteiger partial charge < -0.3 is 29.9 Å². The van der Waals surface area contributed by atoms with Crippen molar-refractivity contribution < 1.29 is 39.5 Å². The number of unbranched alkanes of at least 4 members (excludes halogenated alkanes) is 1. The van der Waals surface area contributed by atoms with E-state index in [1.807, 2.05) is 0 Å². The van der Waals surface area contributed by atoms with E-state index < -0.39 is 36.5 Å². The summed E-state index contributed by atoms with van der Waals surface area (Å²) in [6, 6.07) is 0. The molecular formula is C12H20O8. The molecule has 8 nitrogen and oxygen atoms in total. The molecule has 20 heavy (non-hydrogen) atoms. The van der Waals surface area contributed by atoms with Gasteiger partial charge >= 0.3 is 11.9 Å². The van der Waals surface area contributed by atoms with Crippen LogP contribution in [0.4, 0.5) is 0 Å². The van der Waals surface area contributed by atoms with Gasteiger partial charge in [0.25, 0.3) is 0 Å². The van der Waals surface area contributed by atoms with Crippen LogP contribution in [0.3, 0.4) is 0 Å². The molecule has 8 heteroatoms. The standard InChI is InChI=1S/C12H20O8/c13-7(11(15)16)3-1-2-6-19-8-4-5-9(14)20-10(8)12(17)18/h7-10,13-14H,1-6H2,(H,15,16)(H,17,18)/t7-,8+,9?,10-/m0/s1. The third-order valence-electron chi connectivity index (χ3n) is 3.07. The van der Waals surface area contributed by atoms with Crippen LogP contribution in [-0.4, -0.2) is 63.6 Å². The summed E-state index contributed by atoms with van der Waals surface area (Å²) in [5, 5.41) is 35.7. The largest absolute Gasteiger partial charge is 0.479 e. The molecule has 0 aromatic rings. The number of hydrogen-bond donors (Lipinski definition) is 4. The van der Waals surface area contributed by atoms with Gasteiger partial charge in [-0.15, -0.1) is 0 Å². The average molecular weight is 292 g/mol. The number of rotatable bonds is 8. The summed E-state index contributed by atoms with van der Waals surface area (Å²) in [5.41, 5.74) is 0. The first-order chi connectivity index (χ1) is 9.41. The van der Waals surface area contributed by atoms with Crippen LogP contribution in [0.5, 0.6) is 0 Å². The van der Waals surface area contributed by atoms with Crippen molar-refractivity contribution >= 4 is 11.9 Å². The van der Waals surface area contributed by atoms with Gasteiger partial charge in [0.15, 0.2) is 18.5 Å². The predicted molar refractivity (Wildman–Crippen MR) is 65.0 cm³/mol. The van der Waals surface area contributed by atoms with Crippen LogP contribution in [-0.2, 0) is 19.1 Å². The molecule has 0 aromatic heterocycles. The highest BCUT2D eigenvalue weighted by Crippen LogP contribution is 2.21. The lowest BCUT2D eigenvalue weighted by atomic mass is 10.0. The van der Waals surface area contributed by atoms with Crippen LogP contribution < -0.4 is 0 Å². The van der Waals surface area contributed by atoms with E-state index in [2.05, 4.69) is 0 Å². The quantitative estimate of drug-likeness (QED) is 0.443. The molecule has 1 fully saturated rings. The Balaban J connectivity index is 2.23. The van der Waals surface area contributed by atoms with Crippen molar-refractivity contribution in [2.24, 2.45) is 0 Å². The van der Waals surface area contributed by atoms with Crippen molar-refractivity contribution in [3.05, 3.63) is 0 Å². The van der Waals surface area contributed by atoms with E-state index in [0.717, 1.165) is 0 Å². The highest BCUT2D eigenvalue weighted by molar-refractivity contribution is 5.73. The molecule has 4 atom stereocenters. The molecule has 0 bridgehead atoms. The Morgan fingerprint density at radius 1 is 1.25 bits per heavy atom. The summed E-state index contributed by atoms with van der Waals surface area (Å²) >= 11 is 0. The Bertz CT molecular complexity index is 331. The number of hydrogen-bond acceptors (Lipinski definition) is 6. The van der Waals surface area contributed by atoms with Gasteiger partial charge in [-0.25, -0.2) is 9.59 Å². The van der Waals surface area contributed by atoms with E-state index in [9.17, 15) is 14.7 Å². The molecule has 0 radical (unpaired) electrons. The van der Waals surface area contributed by atoms with Crippen LogP contribution in [0.15, 0.2) is 0 Å². The number of ether oxygens (including phenoxy) is 2. The van der Waals surface area contributed by atoms with Gasteiger partial charge in [-0.3, -0.25) is 0 Å². The molecule has 1 heterocycles. The maximum absolute atomic E-state index is 10.9. The lowest BCUT2D eigenvalue weighted by molar-refractivity contribution is -0.219. The second-order valence-corrected chi connectivity index (χ2v) is 4.69. The van der Waals surface area contributed by atoms with Gasteiger partial charge in [-0.1, -0.05) is 0 Å². The number of carboxylic acids is 2. The molecule has 0 aromatic carbocycles. The first kappa shape index (κ1) is 16.8. The number of carbonyl (C=O) groups is 2. The minimum atomic E-state index is -1.38. The van der Waals surface area contributed by atoms with Crippen molar-refractivity contribution in [3.8, 4) is 0 Å². The van der Waals surface area contributed by atoms with E-state index in [4.69, 9.17) is 24.8 Å². The van der Waals surface area contributed by atoms with Gasteiger partial charge in [0.05, 0.1) is 6.10 Å². The SMILES string of the molecule is O=C(O)[C@H]1OC(O)CC[C@H]1OCCCC[C@H](O)C(=O)O. The fourth-order valence-corrected chi connectivity index (χ4v) is 1.97. The zero-order valence-corrected chi connectivity index (χ0v) is 11.0. The average Bonchev–Trinajstić information content (AvgIpc) is 2.39. The van der Waals surface area contributed by atoms with Crippen molar-refractivity contribution in [2.45, 2.75) is 56.7 Å². The van der Waals surface area contributed by atoms with Crippen LogP contribution in [0.25, 0.3) is 0 Å². The molecule has 0 saturated carbocycles. The fraction of sp³-hybridized carbons (Fsp3) is 0.833. The van der Waals surface area contributed by atoms with Crippen molar-refractivity contribution in [1.82, 2.24) is 0 Å². The topological polar surface area (TPSA) is 134 Å². The summed E-state index contributed by atoms with van der Waals surface area (Å²) in [6.07, 6.45) is -2.49. The molecule has 116 valence electrons. The molecule has 1 aliphatic heterocycles. The van der Waals surface area contributed by atoms with Gasteiger partial charge in [0.1, 0.15) is 0 Å². The molecule has 0 amide bonds. The molecule has 4 N–H and O–H groups in total. The normalized spacial score (nSPS) is 28.0. The van der Waals surface area contributed by atoms with Crippen LogP contribution >= 0.6 is 0 Å². The molecule has 1 rings (SSSR count). The van der Waals surface area contributed by atoms with E-state index in [-0.39, 0.29) is 13.0 Å². The second kappa shape index (κ2) is 8.15. The highest BCUT2D eigenvalue weighted by Gasteiger charge is 2.36. The zero-order valence-electron chi connectivity index (χ0n) is 11.0. The molecule has 1 aliphatic rings. The summed E-state index contributed by atoms with van der Waals surface area (Å²) in [7, 11) is 0. The van der Waals surface area contributed by atoms with Gasteiger partial charge in [-0.05, 0) is 25.7 Å². The van der Waals surface area contributed by atoms with Crippen LogP contribution in [0, 0.1) is 0 Å². The van der Waals surface area contributed by atoms with E-state index in [1.54, 1.807) is 0 Å². The Labute approximate surface area is 115 Å². The first-order valence-corrected chi connectivity index (χ1v) is 6.50. The molecule has 1 unspecified atom stereocenters. The summed E-state index contributed by atoms with van der Waals surface area (Å²) in [4.78, 5) is 21.3. The molecular weight excluding hydrogens is 272 g/mol. The second-order valence-electron chi connectivity index (χ2n) is 4.69. The molecule has 1 saturated heterocycles. The molecule has 0 aliphatic carbocycles. The lowest BCUT2D eigenvalue weighted by Crippen LogP contribution is -2.45. The fourth-order valence-electron chi connectivity index (χ4n) is 1.97. The predicted octanol–water partition coefficient (Wildman–Crippen LogP) is -0.431. The van der Waals surface area contributed by atoms with Crippen LogP contribution in [0.2, 0.25) is 0 Å². The summed E-state index contributed by atoms with van der Waals surface area (Å²) in [5.74, 6) is -2.44. The third-order valence-corrected chi connectivity index (χ3v) is 3.07. The maximum Gasteiger partial charge on any atom is 0.335 e. The third kappa shape index (κ3) is 5.41. The maximum atomic E-state index is 10.9. The van der Waals surface area contributed by atoms with Crippen molar-refractivity contribution in [1.29, 1.82) is 0 Å². The van der Waals surface area contributed by atoms with E-state index >= 15 is 0 Å². The Morgan fingerprint density at radius 3 is 2.55 bits per heavy atom. The van der Waals surface area contributed by atoms with E-state index in [1.165, 1.54) is 0 Å². The number of carboxylic acid groups (broad SMARTS) is 2. The molecule has 0 spiro atoms. The minimum absolute atomic E-state index is 0.126. The Kier molecular flexibility index (Phi) is 6.86. The monoisotopic (exact) mass is 292 g/mol. The number of aliphatic hydroxyl groups excluding tert-OH is 2. The van der Waals surface area contributed by atoms with Gasteiger partial charge in [-0.2, -0.15) is 0 Å². The summed E-state index contributed by atoms with van der Waals surface area (Å²) in [6.45, 7) is 0.250. The Morgan fingerprint density at radius 2 is 1.95 bits per heavy atom. The highest BCUT2D eigenvalue weighted by atomic mass is 16.6. The van der Waals surface area contributed by atoms with Crippen molar-refractivity contribution in [3.63, 3.8) is 0 Å². The Hall–Kier alpha value is -1.22. The van der Waals surface area contributed by atoms with E-state index in [0.29, 0.717) is 25.7 Å². The van der Waals surface area contributed by atoms with Gasteiger partial charge in [0, 0.05) is 13.0 Å². The van der Waals surface area contributed by atoms with Crippen LogP contribution in [0.1, 0.15) is 32.1 Å². The van der Waals surface area contributed by atoms with Gasteiger partial charge in [0.2, 0.25) is 0 Å². The number of aliphatic hydroxyl groups is 2. The summed E-state index contributed by atoms with van der Waals surface area (Å²) < 4.78 is 10.3.